The molecule has 0 aliphatic heterocycles. The monoisotopic (exact) mass is 321 g/mol. The summed E-state index contributed by atoms with van der Waals surface area (Å²) in [7, 11) is 0. The van der Waals surface area contributed by atoms with E-state index in [9.17, 15) is 9.59 Å². The van der Waals surface area contributed by atoms with E-state index < -0.39 is 0 Å². The first kappa shape index (κ1) is 15.2. The number of ketones is 1. The third-order valence-electron chi connectivity index (χ3n) is 3.46. The fourth-order valence-electron chi connectivity index (χ4n) is 2.30. The third-order valence-corrected chi connectivity index (χ3v) is 4.33. The number of hydrogen-bond acceptors (Lipinski definition) is 3. The quantitative estimate of drug-likeness (QED) is 0.724. The average Bonchev–Trinajstić information content (AvgIpc) is 3.13. The van der Waals surface area contributed by atoms with Crippen molar-refractivity contribution < 1.29 is 9.59 Å². The molecule has 3 nitrogen and oxygen atoms in total. The second kappa shape index (κ2) is 7.03. The van der Waals surface area contributed by atoms with Gasteiger partial charge in [-0.3, -0.25) is 9.59 Å². The Morgan fingerprint density at radius 1 is 0.826 bits per heavy atom. The largest absolute Gasteiger partial charge is 0.347 e. The van der Waals surface area contributed by atoms with Gasteiger partial charge in [-0.15, -0.1) is 11.3 Å². The Morgan fingerprint density at radius 3 is 2.22 bits per heavy atom. The minimum atomic E-state index is -0.238. The van der Waals surface area contributed by atoms with Crippen molar-refractivity contribution in [2.75, 3.05) is 0 Å². The van der Waals surface area contributed by atoms with Crippen LogP contribution in [0, 0.1) is 0 Å². The Kier molecular flexibility index (Phi) is 4.64. The van der Waals surface area contributed by atoms with Crippen molar-refractivity contribution in [1.82, 2.24) is 5.32 Å². The second-order valence-corrected chi connectivity index (χ2v) is 6.04. The lowest BCUT2D eigenvalue weighted by Crippen LogP contribution is -2.24. The molecule has 1 heterocycles. The van der Waals surface area contributed by atoms with Crippen molar-refractivity contribution in [1.29, 1.82) is 0 Å². The van der Waals surface area contributed by atoms with Crippen LogP contribution in [0.5, 0.6) is 0 Å². The summed E-state index contributed by atoms with van der Waals surface area (Å²) in [4.78, 5) is 26.1. The van der Waals surface area contributed by atoms with Crippen LogP contribution in [-0.2, 0) is 6.54 Å². The van der Waals surface area contributed by atoms with E-state index in [1.807, 2.05) is 35.7 Å². The van der Waals surface area contributed by atoms with Gasteiger partial charge < -0.3 is 5.32 Å². The predicted molar refractivity (Wildman–Crippen MR) is 91.8 cm³/mol. The zero-order valence-corrected chi connectivity index (χ0v) is 13.2. The van der Waals surface area contributed by atoms with Crippen LogP contribution in [0.25, 0.3) is 0 Å². The van der Waals surface area contributed by atoms with Crippen LogP contribution in [0.3, 0.4) is 0 Å². The first-order valence-corrected chi connectivity index (χ1v) is 8.13. The van der Waals surface area contributed by atoms with Gasteiger partial charge in [0.25, 0.3) is 5.91 Å². The molecular formula is C19H15NO2S. The Balaban J connectivity index is 1.83. The maximum atomic E-state index is 12.6. The van der Waals surface area contributed by atoms with Gasteiger partial charge in [0, 0.05) is 16.0 Å². The van der Waals surface area contributed by atoms with Crippen molar-refractivity contribution in [3.05, 3.63) is 93.7 Å². The number of carbonyl (C=O) groups excluding carboxylic acids is 2. The summed E-state index contributed by atoms with van der Waals surface area (Å²) in [6, 6.07) is 19.8. The van der Waals surface area contributed by atoms with Gasteiger partial charge in [0.05, 0.1) is 12.1 Å². The van der Waals surface area contributed by atoms with Gasteiger partial charge in [0.1, 0.15) is 0 Å². The Hall–Kier alpha value is -2.72. The topological polar surface area (TPSA) is 46.2 Å². The first-order chi connectivity index (χ1) is 11.3. The van der Waals surface area contributed by atoms with E-state index >= 15 is 0 Å². The lowest BCUT2D eigenvalue weighted by molar-refractivity contribution is 0.0940. The van der Waals surface area contributed by atoms with Crippen LogP contribution in [-0.4, -0.2) is 11.7 Å². The van der Waals surface area contributed by atoms with Crippen molar-refractivity contribution >= 4 is 23.0 Å². The molecule has 0 aliphatic rings. The summed E-state index contributed by atoms with van der Waals surface area (Å²) in [5, 5.41) is 4.83. The van der Waals surface area contributed by atoms with Crippen LogP contribution in [0.4, 0.5) is 0 Å². The highest BCUT2D eigenvalue weighted by molar-refractivity contribution is 7.09. The number of hydrogen-bond donors (Lipinski definition) is 1. The zero-order valence-electron chi connectivity index (χ0n) is 12.4. The molecule has 4 heteroatoms. The molecule has 0 bridgehead atoms. The number of carbonyl (C=O) groups is 2. The first-order valence-electron chi connectivity index (χ1n) is 7.25. The second-order valence-electron chi connectivity index (χ2n) is 5.00. The van der Waals surface area contributed by atoms with E-state index in [2.05, 4.69) is 5.32 Å². The number of rotatable bonds is 5. The van der Waals surface area contributed by atoms with Gasteiger partial charge in [-0.05, 0) is 17.5 Å². The van der Waals surface area contributed by atoms with Crippen molar-refractivity contribution in [2.24, 2.45) is 0 Å². The van der Waals surface area contributed by atoms with Crippen molar-refractivity contribution in [3.63, 3.8) is 0 Å². The number of thiophene rings is 1. The highest BCUT2D eigenvalue weighted by Crippen LogP contribution is 2.15. The lowest BCUT2D eigenvalue weighted by Gasteiger charge is -2.09. The van der Waals surface area contributed by atoms with Gasteiger partial charge in [-0.25, -0.2) is 0 Å². The molecule has 1 amide bonds. The van der Waals surface area contributed by atoms with Crippen LogP contribution in [0.1, 0.15) is 31.2 Å². The fraction of sp³-hybridized carbons (Fsp3) is 0.0526. The lowest BCUT2D eigenvalue weighted by atomic mass is 9.98. The summed E-state index contributed by atoms with van der Waals surface area (Å²) in [6.07, 6.45) is 0. The minimum Gasteiger partial charge on any atom is -0.347 e. The van der Waals surface area contributed by atoms with Crippen molar-refractivity contribution in [3.8, 4) is 0 Å². The van der Waals surface area contributed by atoms with E-state index in [-0.39, 0.29) is 11.7 Å². The van der Waals surface area contributed by atoms with E-state index in [1.54, 1.807) is 47.7 Å². The molecule has 1 aromatic heterocycles. The molecule has 0 saturated heterocycles. The molecule has 0 atom stereocenters. The molecule has 0 saturated carbocycles. The standard InChI is InChI=1S/C19H15NO2S/c21-18(14-7-2-1-3-8-14)16-10-4-5-11-17(16)19(22)20-13-15-9-6-12-23-15/h1-12H,13H2,(H,20,22). The van der Waals surface area contributed by atoms with Gasteiger partial charge in [-0.1, -0.05) is 54.6 Å². The molecular weight excluding hydrogens is 306 g/mol. The maximum Gasteiger partial charge on any atom is 0.252 e. The predicted octanol–water partition coefficient (Wildman–Crippen LogP) is 3.91. The smallest absolute Gasteiger partial charge is 0.252 e. The van der Waals surface area contributed by atoms with E-state index in [0.717, 1.165) is 4.88 Å². The van der Waals surface area contributed by atoms with Crippen LogP contribution >= 0.6 is 11.3 Å². The Labute approximate surface area is 138 Å². The summed E-state index contributed by atoms with van der Waals surface area (Å²) in [5.41, 5.74) is 1.39. The van der Waals surface area contributed by atoms with Crippen LogP contribution < -0.4 is 5.32 Å². The molecule has 2 aromatic carbocycles. The Bertz CT molecular complexity index is 810. The van der Waals surface area contributed by atoms with Gasteiger partial charge in [-0.2, -0.15) is 0 Å². The van der Waals surface area contributed by atoms with E-state index in [4.69, 9.17) is 0 Å². The molecule has 114 valence electrons. The molecule has 0 unspecified atom stereocenters. The summed E-state index contributed by atoms with van der Waals surface area (Å²) in [6.45, 7) is 0.463. The molecule has 0 aliphatic carbocycles. The molecule has 0 fully saturated rings. The molecule has 23 heavy (non-hydrogen) atoms. The third kappa shape index (κ3) is 3.55. The summed E-state index contributed by atoms with van der Waals surface area (Å²) >= 11 is 1.59. The van der Waals surface area contributed by atoms with Crippen LogP contribution in [0.15, 0.2) is 72.1 Å². The summed E-state index contributed by atoms with van der Waals surface area (Å²) < 4.78 is 0. The molecule has 0 spiro atoms. The molecule has 3 rings (SSSR count). The Morgan fingerprint density at radius 2 is 1.52 bits per heavy atom. The number of amides is 1. The summed E-state index contributed by atoms with van der Waals surface area (Å²) in [5.74, 6) is -0.384. The van der Waals surface area contributed by atoms with Gasteiger partial charge in [0.15, 0.2) is 5.78 Å². The molecule has 3 aromatic rings. The number of nitrogens with one attached hydrogen (secondary N) is 1. The SMILES string of the molecule is O=C(NCc1cccs1)c1ccccc1C(=O)c1ccccc1. The highest BCUT2D eigenvalue weighted by atomic mass is 32.1. The van der Waals surface area contributed by atoms with Gasteiger partial charge in [0.2, 0.25) is 0 Å². The van der Waals surface area contributed by atoms with Gasteiger partial charge >= 0.3 is 0 Å². The van der Waals surface area contributed by atoms with E-state index in [1.165, 1.54) is 0 Å². The van der Waals surface area contributed by atoms with Crippen molar-refractivity contribution in [2.45, 2.75) is 6.54 Å². The fourth-order valence-corrected chi connectivity index (χ4v) is 2.94. The minimum absolute atomic E-state index is 0.146. The number of benzene rings is 2. The van der Waals surface area contributed by atoms with Crippen LogP contribution in [0.2, 0.25) is 0 Å². The molecule has 1 N–H and O–H groups in total. The molecule has 0 radical (unpaired) electrons. The zero-order chi connectivity index (χ0) is 16.1. The van der Waals surface area contributed by atoms with E-state index in [0.29, 0.717) is 23.2 Å². The normalized spacial score (nSPS) is 10.3. The maximum absolute atomic E-state index is 12.6. The highest BCUT2D eigenvalue weighted by Gasteiger charge is 2.17. The average molecular weight is 321 g/mol.